The largest absolute Gasteiger partial charge is 0.454 e. The molecule has 2 aromatic rings. The Morgan fingerprint density at radius 3 is 2.74 bits per heavy atom. The normalized spacial score (nSPS) is 18.8. The molecule has 2 N–H and O–H groups in total. The molecule has 2 aliphatic rings. The summed E-state index contributed by atoms with van der Waals surface area (Å²) in [5.41, 5.74) is 9.34. The van der Waals surface area contributed by atoms with Gasteiger partial charge < -0.3 is 20.1 Å². The van der Waals surface area contributed by atoms with Crippen LogP contribution in [0.4, 0.5) is 5.69 Å². The molecule has 0 radical (unpaired) electrons. The maximum Gasteiger partial charge on any atom is 0.266 e. The Balaban J connectivity index is 1.79. The number of aliphatic imine (C=N–C) groups is 1. The maximum absolute atomic E-state index is 12.2. The molecule has 0 aromatic heterocycles. The van der Waals surface area contributed by atoms with E-state index in [4.69, 9.17) is 15.2 Å². The first-order valence-corrected chi connectivity index (χ1v) is 7.24. The van der Waals surface area contributed by atoms with Crippen LogP contribution >= 0.6 is 0 Å². The van der Waals surface area contributed by atoms with Crippen LogP contribution in [0.3, 0.4) is 0 Å². The highest BCUT2D eigenvalue weighted by Crippen LogP contribution is 2.37. The number of anilines is 1. The molecule has 0 bridgehead atoms. The molecule has 1 amide bonds. The summed E-state index contributed by atoms with van der Waals surface area (Å²) in [6.07, 6.45) is 0.784. The molecule has 2 aliphatic heterocycles. The second kappa shape index (κ2) is 5.10. The lowest BCUT2D eigenvalue weighted by atomic mass is 10.0. The number of nitrogens with two attached hydrogens (primary N) is 1. The quantitative estimate of drug-likeness (QED) is 0.871. The summed E-state index contributed by atoms with van der Waals surface area (Å²) in [5, 5.41) is 0. The van der Waals surface area contributed by atoms with Gasteiger partial charge in [0.2, 0.25) is 6.79 Å². The Bertz CT molecular complexity index is 832. The fourth-order valence-corrected chi connectivity index (χ4v) is 2.74. The molecule has 6 nitrogen and oxygen atoms in total. The van der Waals surface area contributed by atoms with Crippen LogP contribution in [0.5, 0.6) is 11.5 Å². The van der Waals surface area contributed by atoms with E-state index < -0.39 is 6.17 Å². The van der Waals surface area contributed by atoms with Crippen molar-refractivity contribution >= 4 is 17.8 Å². The van der Waals surface area contributed by atoms with Gasteiger partial charge in [-0.3, -0.25) is 9.79 Å². The number of ether oxygens (including phenoxy) is 2. The Morgan fingerprint density at radius 1 is 1.13 bits per heavy atom. The van der Waals surface area contributed by atoms with Gasteiger partial charge in [-0.05, 0) is 29.3 Å². The number of hydrogen-bond donors (Lipinski definition) is 1. The van der Waals surface area contributed by atoms with Gasteiger partial charge in [0.05, 0.1) is 5.69 Å². The standard InChI is InChI=1S/C17H15N3O3/c1-20-13-6-10(2-3-12(13)8-19-16(18)17(20)21)11-4-5-14-15(7-11)23-9-22-14/h2-8,16H,9,18H2,1H3. The summed E-state index contributed by atoms with van der Waals surface area (Å²) in [6.45, 7) is 0.245. The number of benzene rings is 2. The average molecular weight is 309 g/mol. The first-order chi connectivity index (χ1) is 11.1. The number of fused-ring (bicyclic) bond motifs is 2. The molecule has 2 aromatic carbocycles. The molecule has 1 atom stereocenters. The molecule has 1 unspecified atom stereocenters. The third kappa shape index (κ3) is 2.24. The molecule has 23 heavy (non-hydrogen) atoms. The summed E-state index contributed by atoms with van der Waals surface area (Å²) in [4.78, 5) is 17.8. The Hall–Kier alpha value is -2.86. The number of benzodiazepines with no additional fused rings is 1. The van der Waals surface area contributed by atoms with Crippen molar-refractivity contribution in [1.29, 1.82) is 0 Å². The minimum Gasteiger partial charge on any atom is -0.454 e. The fraction of sp³-hybridized carbons (Fsp3) is 0.176. The van der Waals surface area contributed by atoms with Crippen molar-refractivity contribution in [2.45, 2.75) is 6.17 Å². The second-order valence-corrected chi connectivity index (χ2v) is 5.46. The monoisotopic (exact) mass is 309 g/mol. The summed E-state index contributed by atoms with van der Waals surface area (Å²) in [6, 6.07) is 11.7. The average Bonchev–Trinajstić information content (AvgIpc) is 3.02. The SMILES string of the molecule is CN1C(=O)C(N)N=Cc2ccc(-c3ccc4c(c3)OCO4)cc21. The van der Waals surface area contributed by atoms with Gasteiger partial charge >= 0.3 is 0 Å². The van der Waals surface area contributed by atoms with Gasteiger partial charge in [-0.2, -0.15) is 0 Å². The van der Waals surface area contributed by atoms with Crippen LogP contribution in [0.15, 0.2) is 41.4 Å². The van der Waals surface area contributed by atoms with Crippen molar-refractivity contribution in [2.75, 3.05) is 18.7 Å². The number of rotatable bonds is 1. The van der Waals surface area contributed by atoms with Crippen molar-refractivity contribution in [3.8, 4) is 22.6 Å². The summed E-state index contributed by atoms with van der Waals surface area (Å²) < 4.78 is 10.8. The van der Waals surface area contributed by atoms with E-state index in [9.17, 15) is 4.79 Å². The number of carbonyl (C=O) groups is 1. The highest BCUT2D eigenvalue weighted by atomic mass is 16.7. The van der Waals surface area contributed by atoms with Crippen molar-refractivity contribution in [3.63, 3.8) is 0 Å². The molecular formula is C17H15N3O3. The van der Waals surface area contributed by atoms with Crippen LogP contribution in [-0.2, 0) is 4.79 Å². The molecule has 0 aliphatic carbocycles. The van der Waals surface area contributed by atoms with Crippen molar-refractivity contribution in [1.82, 2.24) is 0 Å². The number of nitrogens with zero attached hydrogens (tertiary/aromatic N) is 2. The second-order valence-electron chi connectivity index (χ2n) is 5.46. The Morgan fingerprint density at radius 2 is 1.87 bits per heavy atom. The number of likely N-dealkylation sites (N-methyl/N-ethyl adjacent to an activating group) is 1. The van der Waals surface area contributed by atoms with E-state index in [1.165, 1.54) is 0 Å². The molecule has 0 fully saturated rings. The maximum atomic E-state index is 12.2. The van der Waals surface area contributed by atoms with Crippen molar-refractivity contribution in [3.05, 3.63) is 42.0 Å². The van der Waals surface area contributed by atoms with Gasteiger partial charge in [-0.1, -0.05) is 18.2 Å². The highest BCUT2D eigenvalue weighted by molar-refractivity contribution is 6.05. The van der Waals surface area contributed by atoms with Crippen LogP contribution in [0.1, 0.15) is 5.56 Å². The lowest BCUT2D eigenvalue weighted by molar-refractivity contribution is -0.119. The van der Waals surface area contributed by atoms with Crippen LogP contribution in [0.2, 0.25) is 0 Å². The van der Waals surface area contributed by atoms with Crippen LogP contribution in [-0.4, -0.2) is 32.1 Å². The molecule has 116 valence electrons. The van der Waals surface area contributed by atoms with E-state index >= 15 is 0 Å². The molecule has 6 heteroatoms. The van der Waals surface area contributed by atoms with Crippen LogP contribution in [0.25, 0.3) is 11.1 Å². The molecule has 0 saturated heterocycles. The number of hydrogen-bond acceptors (Lipinski definition) is 5. The number of amides is 1. The van der Waals surface area contributed by atoms with E-state index in [1.54, 1.807) is 18.2 Å². The molecule has 0 spiro atoms. The minimum atomic E-state index is -0.860. The van der Waals surface area contributed by atoms with Crippen molar-refractivity contribution in [2.24, 2.45) is 10.7 Å². The predicted molar refractivity (Wildman–Crippen MR) is 87.0 cm³/mol. The smallest absolute Gasteiger partial charge is 0.266 e. The lowest BCUT2D eigenvalue weighted by Crippen LogP contribution is -2.39. The van der Waals surface area contributed by atoms with E-state index in [0.29, 0.717) is 0 Å². The highest BCUT2D eigenvalue weighted by Gasteiger charge is 2.23. The van der Waals surface area contributed by atoms with Gasteiger partial charge in [-0.25, -0.2) is 0 Å². The topological polar surface area (TPSA) is 77.2 Å². The van der Waals surface area contributed by atoms with Gasteiger partial charge in [-0.15, -0.1) is 0 Å². The zero-order valence-electron chi connectivity index (χ0n) is 12.5. The van der Waals surface area contributed by atoms with E-state index in [2.05, 4.69) is 4.99 Å². The van der Waals surface area contributed by atoms with E-state index in [-0.39, 0.29) is 12.7 Å². The Labute approximate surface area is 133 Å². The molecular weight excluding hydrogens is 294 g/mol. The fourth-order valence-electron chi connectivity index (χ4n) is 2.74. The molecule has 2 heterocycles. The molecule has 0 saturated carbocycles. The summed E-state index contributed by atoms with van der Waals surface area (Å²) >= 11 is 0. The summed E-state index contributed by atoms with van der Waals surface area (Å²) in [5.74, 6) is 1.24. The van der Waals surface area contributed by atoms with Crippen LogP contribution < -0.4 is 20.1 Å². The van der Waals surface area contributed by atoms with E-state index in [1.807, 2.05) is 36.4 Å². The first-order valence-electron chi connectivity index (χ1n) is 7.24. The van der Waals surface area contributed by atoms with Gasteiger partial charge in [0.15, 0.2) is 17.7 Å². The van der Waals surface area contributed by atoms with Gasteiger partial charge in [0.1, 0.15) is 0 Å². The Kier molecular flexibility index (Phi) is 3.06. The molecule has 4 rings (SSSR count). The van der Waals surface area contributed by atoms with Gasteiger partial charge in [0, 0.05) is 18.8 Å². The first kappa shape index (κ1) is 13.8. The number of carbonyl (C=O) groups excluding carboxylic acids is 1. The third-order valence-corrected chi connectivity index (χ3v) is 4.06. The van der Waals surface area contributed by atoms with E-state index in [0.717, 1.165) is 33.9 Å². The van der Waals surface area contributed by atoms with Gasteiger partial charge in [0.25, 0.3) is 5.91 Å². The summed E-state index contributed by atoms with van der Waals surface area (Å²) in [7, 11) is 1.71. The van der Waals surface area contributed by atoms with Crippen LogP contribution in [0, 0.1) is 0 Å². The zero-order valence-corrected chi connectivity index (χ0v) is 12.5. The van der Waals surface area contributed by atoms with Crippen molar-refractivity contribution < 1.29 is 14.3 Å². The zero-order chi connectivity index (χ0) is 16.0. The minimum absolute atomic E-state index is 0.233. The third-order valence-electron chi connectivity index (χ3n) is 4.06. The lowest BCUT2D eigenvalue weighted by Gasteiger charge is -2.19. The predicted octanol–water partition coefficient (Wildman–Crippen LogP) is 1.76.